The van der Waals surface area contributed by atoms with E-state index >= 15 is 0 Å². The van der Waals surface area contributed by atoms with Gasteiger partial charge in [0.2, 0.25) is 0 Å². The van der Waals surface area contributed by atoms with Gasteiger partial charge >= 0.3 is 0 Å². The Hall–Kier alpha value is -3.55. The molecule has 0 N–H and O–H groups in total. The van der Waals surface area contributed by atoms with E-state index in [0.29, 0.717) is 48.3 Å². The standard InChI is InChI=1S/C21H21N5O7S.ClH/c1-23(2)4-3-5-24(20(27)13-8-14(25(28)29)10-15(9-13)26(30)31)21-22-16-11-17-18(12-19(16)34-21)33-7-6-32-17;/h8-12H,3-7H2,1-2H3;1H. The van der Waals surface area contributed by atoms with Crippen LogP contribution in [0.25, 0.3) is 10.2 Å². The molecule has 186 valence electrons. The molecule has 0 radical (unpaired) electrons. The van der Waals surface area contributed by atoms with Crippen LogP contribution in [0.5, 0.6) is 11.5 Å². The van der Waals surface area contributed by atoms with Gasteiger partial charge in [0.25, 0.3) is 17.3 Å². The molecule has 1 aromatic heterocycles. The van der Waals surface area contributed by atoms with E-state index in [1.807, 2.05) is 19.0 Å². The maximum atomic E-state index is 13.5. The fourth-order valence-electron chi connectivity index (χ4n) is 3.48. The van der Waals surface area contributed by atoms with Crippen LogP contribution in [0.15, 0.2) is 30.3 Å². The molecule has 2 heterocycles. The van der Waals surface area contributed by atoms with Gasteiger partial charge in [-0.3, -0.25) is 29.9 Å². The lowest BCUT2D eigenvalue weighted by Crippen LogP contribution is -2.33. The zero-order valence-corrected chi connectivity index (χ0v) is 20.5. The number of aromatic nitrogens is 1. The first-order valence-electron chi connectivity index (χ1n) is 10.3. The summed E-state index contributed by atoms with van der Waals surface area (Å²) in [6, 6.07) is 6.45. The number of ether oxygens (including phenoxy) is 2. The number of benzene rings is 2. The predicted octanol–water partition coefficient (Wildman–Crippen LogP) is 3.90. The monoisotopic (exact) mass is 523 g/mol. The third-order valence-electron chi connectivity index (χ3n) is 5.08. The molecule has 0 saturated heterocycles. The second-order valence-electron chi connectivity index (χ2n) is 7.83. The number of halogens is 1. The van der Waals surface area contributed by atoms with E-state index in [-0.39, 0.29) is 24.5 Å². The molecule has 3 aromatic rings. The van der Waals surface area contributed by atoms with Gasteiger partial charge in [-0.05, 0) is 27.1 Å². The van der Waals surface area contributed by atoms with Crippen molar-refractivity contribution in [3.05, 3.63) is 56.1 Å². The number of rotatable bonds is 8. The summed E-state index contributed by atoms with van der Waals surface area (Å²) >= 11 is 1.26. The van der Waals surface area contributed by atoms with Crippen LogP contribution >= 0.6 is 23.7 Å². The fraction of sp³-hybridized carbons (Fsp3) is 0.333. The molecule has 35 heavy (non-hydrogen) atoms. The van der Waals surface area contributed by atoms with Gasteiger partial charge in [-0.15, -0.1) is 12.4 Å². The smallest absolute Gasteiger partial charge is 0.277 e. The SMILES string of the molecule is CN(C)CCCN(C(=O)c1cc([N+](=O)[O-])cc([N+](=O)[O-])c1)c1nc2cc3c(cc2s1)OCCO3.Cl. The maximum absolute atomic E-state index is 13.5. The van der Waals surface area contributed by atoms with Gasteiger partial charge in [-0.1, -0.05) is 11.3 Å². The zero-order chi connectivity index (χ0) is 24.4. The van der Waals surface area contributed by atoms with Crippen LogP contribution < -0.4 is 14.4 Å². The van der Waals surface area contributed by atoms with Gasteiger partial charge in [0, 0.05) is 30.8 Å². The Kier molecular flexibility index (Phi) is 8.04. The van der Waals surface area contributed by atoms with Gasteiger partial charge in [0.15, 0.2) is 16.6 Å². The molecular weight excluding hydrogens is 502 g/mol. The van der Waals surface area contributed by atoms with Crippen LogP contribution in [0, 0.1) is 20.2 Å². The molecular formula is C21H22ClN5O7S. The normalized spacial score (nSPS) is 12.3. The predicted molar refractivity (Wildman–Crippen MR) is 132 cm³/mol. The second kappa shape index (κ2) is 10.8. The van der Waals surface area contributed by atoms with Crippen LogP contribution in [0.4, 0.5) is 16.5 Å². The van der Waals surface area contributed by atoms with Crippen LogP contribution in [-0.4, -0.2) is 66.0 Å². The van der Waals surface area contributed by atoms with E-state index in [4.69, 9.17) is 9.47 Å². The number of carbonyl (C=O) groups excluding carboxylic acids is 1. The summed E-state index contributed by atoms with van der Waals surface area (Å²) in [5, 5.41) is 23.0. The molecule has 0 fully saturated rings. The number of fused-ring (bicyclic) bond motifs is 2. The minimum absolute atomic E-state index is 0. The molecule has 0 spiro atoms. The molecule has 1 amide bonds. The Labute approximate surface area is 209 Å². The van der Waals surface area contributed by atoms with E-state index in [1.165, 1.54) is 16.2 Å². The number of carbonyl (C=O) groups is 1. The van der Waals surface area contributed by atoms with Crippen molar-refractivity contribution in [1.82, 2.24) is 9.88 Å². The van der Waals surface area contributed by atoms with Crippen LogP contribution in [0.3, 0.4) is 0 Å². The first-order valence-corrected chi connectivity index (χ1v) is 11.2. The number of non-ortho nitro benzene ring substituents is 2. The third-order valence-corrected chi connectivity index (χ3v) is 6.12. The summed E-state index contributed by atoms with van der Waals surface area (Å²) < 4.78 is 12.0. The van der Waals surface area contributed by atoms with Crippen molar-refractivity contribution in [2.24, 2.45) is 0 Å². The molecule has 0 unspecified atom stereocenters. The lowest BCUT2D eigenvalue weighted by Gasteiger charge is -2.21. The third kappa shape index (κ3) is 5.75. The lowest BCUT2D eigenvalue weighted by molar-refractivity contribution is -0.394. The molecule has 14 heteroatoms. The summed E-state index contributed by atoms with van der Waals surface area (Å²) in [6.07, 6.45) is 0.592. The van der Waals surface area contributed by atoms with Gasteiger partial charge < -0.3 is 14.4 Å². The zero-order valence-electron chi connectivity index (χ0n) is 18.8. The van der Waals surface area contributed by atoms with Crippen molar-refractivity contribution in [2.75, 3.05) is 45.3 Å². The molecule has 0 atom stereocenters. The van der Waals surface area contributed by atoms with Crippen molar-refractivity contribution in [1.29, 1.82) is 0 Å². The highest BCUT2D eigenvalue weighted by molar-refractivity contribution is 7.22. The molecule has 0 saturated carbocycles. The molecule has 4 rings (SSSR count). The number of nitrogens with zero attached hydrogens (tertiary/aromatic N) is 5. The number of amides is 1. The first kappa shape index (κ1) is 26.1. The molecule has 0 bridgehead atoms. The highest BCUT2D eigenvalue weighted by Crippen LogP contribution is 2.39. The minimum Gasteiger partial charge on any atom is -0.486 e. The van der Waals surface area contributed by atoms with Gasteiger partial charge in [-0.25, -0.2) is 4.98 Å². The molecule has 1 aliphatic rings. The number of nitro benzene ring substituents is 2. The summed E-state index contributed by atoms with van der Waals surface area (Å²) in [5.74, 6) is 0.547. The highest BCUT2D eigenvalue weighted by Gasteiger charge is 2.26. The average molecular weight is 524 g/mol. The van der Waals surface area contributed by atoms with Crippen LogP contribution in [0.1, 0.15) is 16.8 Å². The number of hydrogen-bond acceptors (Lipinski definition) is 10. The fourth-order valence-corrected chi connectivity index (χ4v) is 4.48. The highest BCUT2D eigenvalue weighted by atomic mass is 35.5. The average Bonchev–Trinajstić information content (AvgIpc) is 3.21. The van der Waals surface area contributed by atoms with Crippen LogP contribution in [-0.2, 0) is 0 Å². The summed E-state index contributed by atoms with van der Waals surface area (Å²) in [4.78, 5) is 42.5. The Morgan fingerprint density at radius 3 is 2.17 bits per heavy atom. The lowest BCUT2D eigenvalue weighted by atomic mass is 10.1. The van der Waals surface area contributed by atoms with Gasteiger partial charge in [0.05, 0.1) is 31.7 Å². The number of hydrogen-bond donors (Lipinski definition) is 0. The van der Waals surface area contributed by atoms with Crippen molar-refractivity contribution in [3.63, 3.8) is 0 Å². The van der Waals surface area contributed by atoms with E-state index in [9.17, 15) is 25.0 Å². The van der Waals surface area contributed by atoms with Gasteiger partial charge in [-0.2, -0.15) is 0 Å². The molecule has 12 nitrogen and oxygen atoms in total. The number of nitro groups is 2. The van der Waals surface area contributed by atoms with E-state index in [2.05, 4.69) is 4.98 Å². The Morgan fingerprint density at radius 1 is 1.00 bits per heavy atom. The number of anilines is 1. The quantitative estimate of drug-likeness (QED) is 0.317. The summed E-state index contributed by atoms with van der Waals surface area (Å²) in [6.45, 7) is 1.81. The van der Waals surface area contributed by atoms with Crippen molar-refractivity contribution in [2.45, 2.75) is 6.42 Å². The summed E-state index contributed by atoms with van der Waals surface area (Å²) in [7, 11) is 3.80. The summed E-state index contributed by atoms with van der Waals surface area (Å²) in [5.41, 5.74) is -0.607. The Morgan fingerprint density at radius 2 is 1.60 bits per heavy atom. The minimum atomic E-state index is -0.762. The van der Waals surface area contributed by atoms with Gasteiger partial charge in [0.1, 0.15) is 13.2 Å². The van der Waals surface area contributed by atoms with Crippen molar-refractivity contribution < 1.29 is 24.1 Å². The Balaban J connectivity index is 0.00000342. The number of thiazole rings is 1. The van der Waals surface area contributed by atoms with Crippen LogP contribution in [0.2, 0.25) is 0 Å². The van der Waals surface area contributed by atoms with E-state index < -0.39 is 27.1 Å². The van der Waals surface area contributed by atoms with E-state index in [1.54, 1.807) is 12.1 Å². The van der Waals surface area contributed by atoms with Crippen molar-refractivity contribution >= 4 is 56.4 Å². The largest absolute Gasteiger partial charge is 0.486 e. The van der Waals surface area contributed by atoms with Crippen molar-refractivity contribution in [3.8, 4) is 11.5 Å². The first-order chi connectivity index (χ1) is 16.2. The molecule has 2 aromatic carbocycles. The van der Waals surface area contributed by atoms with E-state index in [0.717, 1.165) is 22.9 Å². The Bertz CT molecular complexity index is 1210. The topological polar surface area (TPSA) is 141 Å². The maximum Gasteiger partial charge on any atom is 0.277 e. The molecule has 1 aliphatic heterocycles. The molecule has 0 aliphatic carbocycles. The second-order valence-corrected chi connectivity index (χ2v) is 8.84.